The number of nitrogens with one attached hydrogen (secondary N) is 1. The number of nitrogens with two attached hydrogens (primary N) is 1. The first-order chi connectivity index (χ1) is 9.88. The third-order valence-electron chi connectivity index (χ3n) is 2.93. The highest BCUT2D eigenvalue weighted by Gasteiger charge is 2.13. The molecule has 0 aromatic heterocycles. The Morgan fingerprint density at radius 2 is 2.00 bits per heavy atom. The molecule has 1 amide bonds. The number of hydrogen-bond donors (Lipinski definition) is 2. The maximum absolute atomic E-state index is 12.2. The molecule has 0 spiro atoms. The fourth-order valence-corrected chi connectivity index (χ4v) is 2.21. The van der Waals surface area contributed by atoms with Gasteiger partial charge in [0.05, 0.1) is 10.5 Å². The van der Waals surface area contributed by atoms with Crippen LogP contribution >= 0.6 is 15.9 Å². The second-order valence-electron chi connectivity index (χ2n) is 4.44. The van der Waals surface area contributed by atoms with E-state index in [-0.39, 0.29) is 11.6 Å². The molecule has 7 heteroatoms. The zero-order valence-corrected chi connectivity index (χ0v) is 12.7. The van der Waals surface area contributed by atoms with Crippen molar-refractivity contribution >= 4 is 38.9 Å². The van der Waals surface area contributed by atoms with Crippen LogP contribution in [0, 0.1) is 17.0 Å². The molecule has 2 rings (SSSR count). The molecule has 0 aliphatic heterocycles. The maximum atomic E-state index is 12.2. The number of nitro benzene ring substituents is 1. The highest BCUT2D eigenvalue weighted by molar-refractivity contribution is 9.10. The zero-order valence-electron chi connectivity index (χ0n) is 11.1. The number of nitro groups is 1. The molecule has 0 saturated heterocycles. The number of hydrogen-bond acceptors (Lipinski definition) is 4. The second kappa shape index (κ2) is 5.92. The first-order valence-corrected chi connectivity index (χ1v) is 6.79. The molecular formula is C14H12BrN3O3. The number of carbonyl (C=O) groups excluding carboxylic acids is 1. The lowest BCUT2D eigenvalue weighted by Gasteiger charge is -2.10. The summed E-state index contributed by atoms with van der Waals surface area (Å²) in [7, 11) is 0. The lowest BCUT2D eigenvalue weighted by molar-refractivity contribution is -0.384. The van der Waals surface area contributed by atoms with Gasteiger partial charge in [-0.25, -0.2) is 0 Å². The Labute approximate surface area is 129 Å². The van der Waals surface area contributed by atoms with Crippen LogP contribution in [0.15, 0.2) is 40.9 Å². The number of amides is 1. The number of carbonyl (C=O) groups is 1. The Morgan fingerprint density at radius 3 is 2.57 bits per heavy atom. The summed E-state index contributed by atoms with van der Waals surface area (Å²) in [6.07, 6.45) is 0. The van der Waals surface area contributed by atoms with E-state index < -0.39 is 4.92 Å². The van der Waals surface area contributed by atoms with Crippen molar-refractivity contribution < 1.29 is 9.72 Å². The molecular weight excluding hydrogens is 338 g/mol. The van der Waals surface area contributed by atoms with Gasteiger partial charge in [-0.05, 0) is 36.8 Å². The first kappa shape index (κ1) is 15.0. The summed E-state index contributed by atoms with van der Waals surface area (Å²) in [6, 6.07) is 9.20. The molecule has 2 aromatic carbocycles. The van der Waals surface area contributed by atoms with Gasteiger partial charge in [0.25, 0.3) is 11.6 Å². The van der Waals surface area contributed by atoms with Gasteiger partial charge in [0.15, 0.2) is 0 Å². The smallest absolute Gasteiger partial charge is 0.269 e. The number of non-ortho nitro benzene ring substituents is 1. The normalized spacial score (nSPS) is 10.2. The highest BCUT2D eigenvalue weighted by atomic mass is 79.9. The van der Waals surface area contributed by atoms with E-state index in [2.05, 4.69) is 21.2 Å². The topological polar surface area (TPSA) is 98.3 Å². The van der Waals surface area contributed by atoms with Gasteiger partial charge in [-0.3, -0.25) is 14.9 Å². The standard InChI is InChI=1S/C14H12BrN3O3/c1-8-6-10(18(20)21)3-5-13(8)17-14(19)11-4-2-9(15)7-12(11)16/h2-7H,16H2,1H3,(H,17,19). The van der Waals surface area contributed by atoms with Gasteiger partial charge in [0.2, 0.25) is 0 Å². The van der Waals surface area contributed by atoms with Crippen LogP contribution in [0.3, 0.4) is 0 Å². The molecule has 0 fully saturated rings. The molecule has 108 valence electrons. The van der Waals surface area contributed by atoms with Crippen molar-refractivity contribution in [3.05, 3.63) is 62.1 Å². The van der Waals surface area contributed by atoms with Crippen LogP contribution in [0.5, 0.6) is 0 Å². The van der Waals surface area contributed by atoms with Crippen LogP contribution in [0.1, 0.15) is 15.9 Å². The Balaban J connectivity index is 2.25. The van der Waals surface area contributed by atoms with Gasteiger partial charge in [-0.2, -0.15) is 0 Å². The Bertz CT molecular complexity index is 731. The minimum absolute atomic E-state index is 0.0198. The predicted molar refractivity (Wildman–Crippen MR) is 84.3 cm³/mol. The van der Waals surface area contributed by atoms with Gasteiger partial charge in [-0.1, -0.05) is 15.9 Å². The van der Waals surface area contributed by atoms with E-state index in [1.54, 1.807) is 25.1 Å². The van der Waals surface area contributed by atoms with E-state index in [0.29, 0.717) is 22.5 Å². The summed E-state index contributed by atoms with van der Waals surface area (Å²) in [4.78, 5) is 22.4. The minimum atomic E-state index is -0.481. The molecule has 0 aliphatic rings. The van der Waals surface area contributed by atoms with Gasteiger partial charge in [0, 0.05) is 28.0 Å². The van der Waals surface area contributed by atoms with Gasteiger partial charge < -0.3 is 11.1 Å². The first-order valence-electron chi connectivity index (χ1n) is 6.00. The maximum Gasteiger partial charge on any atom is 0.269 e. The summed E-state index contributed by atoms with van der Waals surface area (Å²) in [5.74, 6) is -0.364. The lowest BCUT2D eigenvalue weighted by atomic mass is 10.1. The summed E-state index contributed by atoms with van der Waals surface area (Å²) >= 11 is 3.27. The van der Waals surface area contributed by atoms with Crippen molar-refractivity contribution in [1.29, 1.82) is 0 Å². The average molecular weight is 350 g/mol. The van der Waals surface area contributed by atoms with Crippen molar-refractivity contribution in [2.45, 2.75) is 6.92 Å². The third-order valence-corrected chi connectivity index (χ3v) is 3.42. The van der Waals surface area contributed by atoms with E-state index in [4.69, 9.17) is 5.73 Å². The lowest BCUT2D eigenvalue weighted by Crippen LogP contribution is -2.14. The van der Waals surface area contributed by atoms with Crippen molar-refractivity contribution in [3.8, 4) is 0 Å². The van der Waals surface area contributed by atoms with E-state index in [1.165, 1.54) is 18.2 Å². The summed E-state index contributed by atoms with van der Waals surface area (Å²) in [5.41, 5.74) is 7.58. The summed E-state index contributed by atoms with van der Waals surface area (Å²) in [6.45, 7) is 1.69. The van der Waals surface area contributed by atoms with Crippen LogP contribution in [0.4, 0.5) is 17.1 Å². The molecule has 0 bridgehead atoms. The highest BCUT2D eigenvalue weighted by Crippen LogP contribution is 2.23. The fraction of sp³-hybridized carbons (Fsp3) is 0.0714. The van der Waals surface area contributed by atoms with Crippen LogP contribution in [-0.4, -0.2) is 10.8 Å². The monoisotopic (exact) mass is 349 g/mol. The molecule has 0 unspecified atom stereocenters. The summed E-state index contributed by atoms with van der Waals surface area (Å²) in [5, 5.41) is 13.4. The van der Waals surface area contributed by atoms with Gasteiger partial charge in [-0.15, -0.1) is 0 Å². The van der Waals surface area contributed by atoms with Crippen molar-refractivity contribution in [2.75, 3.05) is 11.1 Å². The number of nitrogens with zero attached hydrogens (tertiary/aromatic N) is 1. The minimum Gasteiger partial charge on any atom is -0.398 e. The van der Waals surface area contributed by atoms with Crippen LogP contribution in [-0.2, 0) is 0 Å². The number of rotatable bonds is 3. The summed E-state index contributed by atoms with van der Waals surface area (Å²) < 4.78 is 0.781. The number of benzene rings is 2. The largest absolute Gasteiger partial charge is 0.398 e. The van der Waals surface area contributed by atoms with Crippen molar-refractivity contribution in [3.63, 3.8) is 0 Å². The van der Waals surface area contributed by atoms with Crippen LogP contribution < -0.4 is 11.1 Å². The quantitative estimate of drug-likeness (QED) is 0.503. The molecule has 0 radical (unpaired) electrons. The Hall–Kier alpha value is -2.41. The molecule has 3 N–H and O–H groups in total. The molecule has 2 aromatic rings. The average Bonchev–Trinajstić information content (AvgIpc) is 2.40. The molecule has 0 saturated carbocycles. The van der Waals surface area contributed by atoms with Gasteiger partial charge >= 0.3 is 0 Å². The molecule has 0 heterocycles. The third kappa shape index (κ3) is 3.38. The second-order valence-corrected chi connectivity index (χ2v) is 5.36. The molecule has 0 atom stereocenters. The Morgan fingerprint density at radius 1 is 1.29 bits per heavy atom. The van der Waals surface area contributed by atoms with E-state index in [9.17, 15) is 14.9 Å². The van der Waals surface area contributed by atoms with Crippen molar-refractivity contribution in [2.24, 2.45) is 0 Å². The number of halogens is 1. The van der Waals surface area contributed by atoms with E-state index in [1.807, 2.05) is 0 Å². The van der Waals surface area contributed by atoms with E-state index in [0.717, 1.165) is 4.47 Å². The molecule has 0 aliphatic carbocycles. The predicted octanol–water partition coefficient (Wildman–Crippen LogP) is 3.50. The SMILES string of the molecule is Cc1cc([N+](=O)[O-])ccc1NC(=O)c1ccc(Br)cc1N. The molecule has 6 nitrogen and oxygen atoms in total. The zero-order chi connectivity index (χ0) is 15.6. The fourth-order valence-electron chi connectivity index (χ4n) is 1.83. The van der Waals surface area contributed by atoms with Crippen LogP contribution in [0.25, 0.3) is 0 Å². The molecule has 21 heavy (non-hydrogen) atoms. The van der Waals surface area contributed by atoms with Gasteiger partial charge in [0.1, 0.15) is 0 Å². The number of anilines is 2. The van der Waals surface area contributed by atoms with Crippen molar-refractivity contribution in [1.82, 2.24) is 0 Å². The number of aryl methyl sites for hydroxylation is 1. The Kier molecular flexibility index (Phi) is 4.23. The van der Waals surface area contributed by atoms with E-state index >= 15 is 0 Å². The van der Waals surface area contributed by atoms with Crippen LogP contribution in [0.2, 0.25) is 0 Å². The number of nitrogen functional groups attached to an aromatic ring is 1.